The average molecular weight is 242 g/mol. The van der Waals surface area contributed by atoms with Gasteiger partial charge in [-0.3, -0.25) is 9.59 Å². The fraction of sp³-hybridized carbons (Fsp3) is 0.833. The lowest BCUT2D eigenvalue weighted by molar-refractivity contribution is -0.141. The maximum Gasteiger partial charge on any atom is 0.308 e. The summed E-state index contributed by atoms with van der Waals surface area (Å²) in [5.41, 5.74) is 0. The third-order valence-electron chi connectivity index (χ3n) is 3.36. The predicted molar refractivity (Wildman–Crippen MR) is 64.7 cm³/mol. The highest BCUT2D eigenvalue weighted by Gasteiger charge is 2.33. The van der Waals surface area contributed by atoms with Crippen molar-refractivity contribution >= 4 is 11.9 Å². The van der Waals surface area contributed by atoms with Crippen LogP contribution in [0.2, 0.25) is 0 Å². The Kier molecular flexibility index (Phi) is 5.41. The number of aliphatic carboxylic acids is 1. The third-order valence-corrected chi connectivity index (χ3v) is 3.36. The Bertz CT molecular complexity index is 277. The van der Waals surface area contributed by atoms with E-state index in [9.17, 15) is 9.59 Å². The summed E-state index contributed by atoms with van der Waals surface area (Å²) in [5, 5.41) is 8.85. The van der Waals surface area contributed by atoms with Crippen LogP contribution in [0.4, 0.5) is 0 Å². The Morgan fingerprint density at radius 2 is 2.12 bits per heavy atom. The van der Waals surface area contributed by atoms with Gasteiger partial charge in [-0.1, -0.05) is 13.8 Å². The zero-order valence-corrected chi connectivity index (χ0v) is 10.7. The molecular formula is C12H22N2O3. The molecule has 1 amide bonds. The summed E-state index contributed by atoms with van der Waals surface area (Å²) in [4.78, 5) is 26.3. The van der Waals surface area contributed by atoms with Crippen molar-refractivity contribution in [3.63, 3.8) is 0 Å². The Hall–Kier alpha value is -1.10. The van der Waals surface area contributed by atoms with Gasteiger partial charge in [0.2, 0.25) is 5.91 Å². The van der Waals surface area contributed by atoms with Crippen LogP contribution in [0.3, 0.4) is 0 Å². The van der Waals surface area contributed by atoms with Gasteiger partial charge in [0.25, 0.3) is 0 Å². The number of carboxylic acid groups (broad SMARTS) is 1. The molecule has 98 valence electrons. The molecule has 1 unspecified atom stereocenters. The van der Waals surface area contributed by atoms with Crippen molar-refractivity contribution in [3.05, 3.63) is 0 Å². The molecule has 1 aliphatic rings. The lowest BCUT2D eigenvalue weighted by atomic mass is 10.1. The first kappa shape index (κ1) is 14.0. The van der Waals surface area contributed by atoms with E-state index >= 15 is 0 Å². The number of carboxylic acids is 1. The predicted octanol–water partition coefficient (Wildman–Crippen LogP) is 0.651. The van der Waals surface area contributed by atoms with Crippen LogP contribution in [0.1, 0.15) is 26.7 Å². The first-order valence-corrected chi connectivity index (χ1v) is 6.31. The highest BCUT2D eigenvalue weighted by molar-refractivity contribution is 5.86. The van der Waals surface area contributed by atoms with Crippen LogP contribution in [0.25, 0.3) is 0 Å². The quantitative estimate of drug-likeness (QED) is 0.712. The van der Waals surface area contributed by atoms with Crippen LogP contribution in [-0.4, -0.2) is 59.5 Å². The van der Waals surface area contributed by atoms with Crippen molar-refractivity contribution in [1.29, 1.82) is 0 Å². The van der Waals surface area contributed by atoms with Gasteiger partial charge in [0.15, 0.2) is 0 Å². The van der Waals surface area contributed by atoms with E-state index < -0.39 is 11.9 Å². The minimum atomic E-state index is -0.857. The van der Waals surface area contributed by atoms with Gasteiger partial charge in [-0.2, -0.15) is 0 Å². The molecule has 1 saturated heterocycles. The molecule has 1 atom stereocenters. The maximum absolute atomic E-state index is 11.6. The van der Waals surface area contributed by atoms with E-state index in [2.05, 4.69) is 18.7 Å². The second-order valence-corrected chi connectivity index (χ2v) is 4.46. The maximum atomic E-state index is 11.6. The largest absolute Gasteiger partial charge is 0.481 e. The Morgan fingerprint density at radius 1 is 1.47 bits per heavy atom. The fourth-order valence-electron chi connectivity index (χ4n) is 2.18. The molecule has 0 radical (unpaired) electrons. The van der Waals surface area contributed by atoms with E-state index in [4.69, 9.17) is 5.11 Å². The van der Waals surface area contributed by atoms with E-state index in [0.29, 0.717) is 13.1 Å². The second-order valence-electron chi connectivity index (χ2n) is 4.46. The van der Waals surface area contributed by atoms with E-state index in [1.54, 1.807) is 4.90 Å². The molecule has 0 bridgehead atoms. The molecule has 0 aromatic rings. The number of carbonyl (C=O) groups excluding carboxylic acids is 1. The summed E-state index contributed by atoms with van der Waals surface area (Å²) in [5.74, 6) is -1.38. The van der Waals surface area contributed by atoms with E-state index in [1.165, 1.54) is 0 Å². The standard InChI is InChI=1S/C12H22N2O3/c1-3-13(4-2)6-5-7-14-9-10(12(16)17)8-11(14)15/h10H,3-9H2,1-2H3,(H,16,17). The number of hydrogen-bond donors (Lipinski definition) is 1. The topological polar surface area (TPSA) is 60.9 Å². The normalized spacial score (nSPS) is 20.3. The fourth-order valence-corrected chi connectivity index (χ4v) is 2.18. The summed E-state index contributed by atoms with van der Waals surface area (Å²) in [6.45, 7) is 8.29. The molecule has 1 aliphatic heterocycles. The van der Waals surface area contributed by atoms with Gasteiger partial charge < -0.3 is 14.9 Å². The van der Waals surface area contributed by atoms with Crippen LogP contribution in [0.15, 0.2) is 0 Å². The Morgan fingerprint density at radius 3 is 2.59 bits per heavy atom. The van der Waals surface area contributed by atoms with Gasteiger partial charge in [0.1, 0.15) is 0 Å². The minimum Gasteiger partial charge on any atom is -0.481 e. The number of likely N-dealkylation sites (tertiary alicyclic amines) is 1. The summed E-state index contributed by atoms with van der Waals surface area (Å²) in [7, 11) is 0. The van der Waals surface area contributed by atoms with Crippen molar-refractivity contribution < 1.29 is 14.7 Å². The highest BCUT2D eigenvalue weighted by atomic mass is 16.4. The van der Waals surface area contributed by atoms with Crippen molar-refractivity contribution in [2.45, 2.75) is 26.7 Å². The van der Waals surface area contributed by atoms with Gasteiger partial charge >= 0.3 is 5.97 Å². The van der Waals surface area contributed by atoms with E-state index in [-0.39, 0.29) is 12.3 Å². The van der Waals surface area contributed by atoms with Crippen molar-refractivity contribution in [2.75, 3.05) is 32.7 Å². The summed E-state index contributed by atoms with van der Waals surface area (Å²) >= 11 is 0. The molecule has 0 aromatic heterocycles. The number of rotatable bonds is 7. The summed E-state index contributed by atoms with van der Waals surface area (Å²) < 4.78 is 0. The zero-order chi connectivity index (χ0) is 12.8. The van der Waals surface area contributed by atoms with Crippen molar-refractivity contribution in [1.82, 2.24) is 9.80 Å². The van der Waals surface area contributed by atoms with Gasteiger partial charge in [-0.25, -0.2) is 0 Å². The molecular weight excluding hydrogens is 220 g/mol. The Balaban J connectivity index is 2.28. The highest BCUT2D eigenvalue weighted by Crippen LogP contribution is 2.17. The zero-order valence-electron chi connectivity index (χ0n) is 10.7. The van der Waals surface area contributed by atoms with Gasteiger partial charge in [0.05, 0.1) is 5.92 Å². The van der Waals surface area contributed by atoms with E-state index in [0.717, 1.165) is 26.1 Å². The lowest BCUT2D eigenvalue weighted by Crippen LogP contribution is -2.31. The molecule has 1 N–H and O–H groups in total. The summed E-state index contributed by atoms with van der Waals surface area (Å²) in [6, 6.07) is 0. The van der Waals surface area contributed by atoms with Crippen molar-refractivity contribution in [3.8, 4) is 0 Å². The number of hydrogen-bond acceptors (Lipinski definition) is 3. The number of carbonyl (C=O) groups is 2. The van der Waals surface area contributed by atoms with Gasteiger partial charge in [-0.05, 0) is 26.1 Å². The molecule has 0 aliphatic carbocycles. The van der Waals surface area contributed by atoms with E-state index in [1.807, 2.05) is 0 Å². The Labute approximate surface area is 102 Å². The lowest BCUT2D eigenvalue weighted by Gasteiger charge is -2.21. The number of amides is 1. The molecule has 1 rings (SSSR count). The molecule has 0 spiro atoms. The molecule has 5 heteroatoms. The number of nitrogens with zero attached hydrogens (tertiary/aromatic N) is 2. The molecule has 0 saturated carbocycles. The first-order valence-electron chi connectivity index (χ1n) is 6.31. The van der Waals surface area contributed by atoms with Crippen molar-refractivity contribution in [2.24, 2.45) is 5.92 Å². The minimum absolute atomic E-state index is 0.0167. The van der Waals surface area contributed by atoms with Crippen LogP contribution in [0.5, 0.6) is 0 Å². The SMILES string of the molecule is CCN(CC)CCCN1CC(C(=O)O)CC1=O. The summed E-state index contributed by atoms with van der Waals surface area (Å²) in [6.07, 6.45) is 1.08. The van der Waals surface area contributed by atoms with Gasteiger partial charge in [-0.15, -0.1) is 0 Å². The monoisotopic (exact) mass is 242 g/mol. The van der Waals surface area contributed by atoms with Crippen LogP contribution >= 0.6 is 0 Å². The van der Waals surface area contributed by atoms with Crippen LogP contribution in [0, 0.1) is 5.92 Å². The van der Waals surface area contributed by atoms with Gasteiger partial charge in [0, 0.05) is 19.5 Å². The molecule has 1 fully saturated rings. The molecule has 0 aromatic carbocycles. The van der Waals surface area contributed by atoms with Crippen LogP contribution in [-0.2, 0) is 9.59 Å². The van der Waals surface area contributed by atoms with Crippen LogP contribution < -0.4 is 0 Å². The third kappa shape index (κ3) is 4.00. The molecule has 1 heterocycles. The molecule has 17 heavy (non-hydrogen) atoms. The first-order chi connectivity index (χ1) is 8.08. The molecule has 5 nitrogen and oxygen atoms in total. The average Bonchev–Trinajstić information content (AvgIpc) is 2.67. The smallest absolute Gasteiger partial charge is 0.308 e. The second kappa shape index (κ2) is 6.59.